The molecular weight excluding hydrogens is 290 g/mol. The number of aromatic nitrogens is 4. The minimum absolute atomic E-state index is 0.147. The number of sulfonamides is 1. The van der Waals surface area contributed by atoms with Crippen LogP contribution in [0.25, 0.3) is 0 Å². The van der Waals surface area contributed by atoms with Crippen molar-refractivity contribution in [2.75, 3.05) is 13.1 Å². The Labute approximate surface area is 124 Å². The number of aromatic amines is 1. The third-order valence-corrected chi connectivity index (χ3v) is 5.70. The van der Waals surface area contributed by atoms with Gasteiger partial charge in [-0.15, -0.1) is 0 Å². The van der Waals surface area contributed by atoms with E-state index in [0.717, 1.165) is 25.1 Å². The minimum Gasteiger partial charge on any atom is -0.335 e. The molecule has 0 saturated carbocycles. The molecule has 8 heteroatoms. The van der Waals surface area contributed by atoms with Crippen molar-refractivity contribution in [3.05, 3.63) is 30.7 Å². The maximum atomic E-state index is 12.5. The van der Waals surface area contributed by atoms with Gasteiger partial charge in [-0.2, -0.15) is 4.31 Å². The number of hydrogen-bond donors (Lipinski definition) is 1. The number of piperidine rings is 1. The number of rotatable bonds is 4. The number of hydrogen-bond acceptors (Lipinski definition) is 4. The molecule has 2 aromatic heterocycles. The van der Waals surface area contributed by atoms with Crippen LogP contribution in [-0.4, -0.2) is 45.3 Å². The molecule has 1 aliphatic heterocycles. The van der Waals surface area contributed by atoms with E-state index in [-0.39, 0.29) is 11.1 Å². The number of aryl methyl sites for hydroxylation is 1. The highest BCUT2D eigenvalue weighted by Gasteiger charge is 2.32. The summed E-state index contributed by atoms with van der Waals surface area (Å²) in [7, 11) is -3.48. The van der Waals surface area contributed by atoms with Crippen LogP contribution in [0.1, 0.15) is 31.6 Å². The number of imidazole rings is 2. The third kappa shape index (κ3) is 2.60. The fourth-order valence-corrected chi connectivity index (χ4v) is 4.25. The summed E-state index contributed by atoms with van der Waals surface area (Å²) in [5.41, 5.74) is 0. The van der Waals surface area contributed by atoms with Gasteiger partial charge in [0.15, 0.2) is 5.03 Å². The summed E-state index contributed by atoms with van der Waals surface area (Å²) < 4.78 is 28.7. The monoisotopic (exact) mass is 309 g/mol. The zero-order chi connectivity index (χ0) is 14.9. The summed E-state index contributed by atoms with van der Waals surface area (Å²) in [5, 5.41) is 0.157. The number of nitrogens with one attached hydrogen (secondary N) is 1. The third-order valence-electron chi connectivity index (χ3n) is 3.91. The molecule has 1 N–H and O–H groups in total. The maximum Gasteiger partial charge on any atom is 0.260 e. The van der Waals surface area contributed by atoms with E-state index in [4.69, 9.17) is 0 Å². The predicted octanol–water partition coefficient (Wildman–Crippen LogP) is 1.19. The standard InChI is InChI=1S/C13H19N5O2S/c1-2-12-15-5-7-18(12)11-4-3-6-17(9-11)21(19,20)13-8-14-10-16-13/h5,7-8,10-11H,2-4,6,9H2,1H3,(H,14,16). The van der Waals surface area contributed by atoms with Crippen LogP contribution in [0.4, 0.5) is 0 Å². The van der Waals surface area contributed by atoms with Crippen molar-refractivity contribution in [1.82, 2.24) is 23.8 Å². The molecule has 1 atom stereocenters. The molecule has 1 saturated heterocycles. The van der Waals surface area contributed by atoms with Crippen LogP contribution in [0.2, 0.25) is 0 Å². The number of H-pyrrole nitrogens is 1. The van der Waals surface area contributed by atoms with Crippen molar-refractivity contribution in [3.8, 4) is 0 Å². The van der Waals surface area contributed by atoms with Gasteiger partial charge in [0.05, 0.1) is 12.5 Å². The van der Waals surface area contributed by atoms with E-state index < -0.39 is 10.0 Å². The van der Waals surface area contributed by atoms with Crippen molar-refractivity contribution < 1.29 is 8.42 Å². The molecule has 1 fully saturated rings. The molecule has 114 valence electrons. The van der Waals surface area contributed by atoms with Crippen molar-refractivity contribution in [2.24, 2.45) is 0 Å². The summed E-state index contributed by atoms with van der Waals surface area (Å²) in [6, 6.07) is 0.147. The van der Waals surface area contributed by atoms with Gasteiger partial charge in [-0.3, -0.25) is 0 Å². The first-order valence-electron chi connectivity index (χ1n) is 7.13. The van der Waals surface area contributed by atoms with Gasteiger partial charge in [0, 0.05) is 37.9 Å². The SMILES string of the molecule is CCc1nccn1C1CCCN(S(=O)(=O)c2cnc[nH]2)C1. The van der Waals surface area contributed by atoms with Gasteiger partial charge in [-0.25, -0.2) is 18.4 Å². The van der Waals surface area contributed by atoms with Gasteiger partial charge in [0.25, 0.3) is 10.0 Å². The van der Waals surface area contributed by atoms with Crippen LogP contribution in [0.5, 0.6) is 0 Å². The largest absolute Gasteiger partial charge is 0.335 e. The Balaban J connectivity index is 1.84. The second-order valence-electron chi connectivity index (χ2n) is 5.18. The lowest BCUT2D eigenvalue weighted by Gasteiger charge is -2.32. The summed E-state index contributed by atoms with van der Waals surface area (Å²) in [6.45, 7) is 3.08. The zero-order valence-electron chi connectivity index (χ0n) is 11.9. The Morgan fingerprint density at radius 2 is 2.33 bits per heavy atom. The molecule has 3 rings (SSSR count). The fourth-order valence-electron chi connectivity index (χ4n) is 2.84. The first kappa shape index (κ1) is 14.3. The van der Waals surface area contributed by atoms with Crippen LogP contribution in [-0.2, 0) is 16.4 Å². The van der Waals surface area contributed by atoms with Crippen molar-refractivity contribution in [2.45, 2.75) is 37.3 Å². The zero-order valence-corrected chi connectivity index (χ0v) is 12.8. The van der Waals surface area contributed by atoms with Crippen molar-refractivity contribution in [1.29, 1.82) is 0 Å². The fraction of sp³-hybridized carbons (Fsp3) is 0.538. The maximum absolute atomic E-state index is 12.5. The van der Waals surface area contributed by atoms with Gasteiger partial charge in [-0.1, -0.05) is 6.92 Å². The second-order valence-corrected chi connectivity index (χ2v) is 7.09. The molecular formula is C13H19N5O2S. The molecule has 0 spiro atoms. The van der Waals surface area contributed by atoms with Crippen LogP contribution < -0.4 is 0 Å². The van der Waals surface area contributed by atoms with Crippen LogP contribution >= 0.6 is 0 Å². The first-order chi connectivity index (χ1) is 10.1. The Bertz CT molecular complexity index is 692. The average molecular weight is 309 g/mol. The van der Waals surface area contributed by atoms with Crippen molar-refractivity contribution in [3.63, 3.8) is 0 Å². The molecule has 2 aromatic rings. The van der Waals surface area contributed by atoms with Gasteiger partial charge in [-0.05, 0) is 12.8 Å². The second kappa shape index (κ2) is 5.61. The highest BCUT2D eigenvalue weighted by molar-refractivity contribution is 7.89. The molecule has 0 bridgehead atoms. The highest BCUT2D eigenvalue weighted by atomic mass is 32.2. The molecule has 7 nitrogen and oxygen atoms in total. The van der Waals surface area contributed by atoms with E-state index in [1.165, 1.54) is 16.8 Å². The van der Waals surface area contributed by atoms with E-state index >= 15 is 0 Å². The van der Waals surface area contributed by atoms with E-state index in [1.54, 1.807) is 6.20 Å². The Hall–Kier alpha value is -1.67. The lowest BCUT2D eigenvalue weighted by Crippen LogP contribution is -2.41. The lowest BCUT2D eigenvalue weighted by molar-refractivity contribution is 0.263. The predicted molar refractivity (Wildman–Crippen MR) is 77.2 cm³/mol. The average Bonchev–Trinajstić information content (AvgIpc) is 3.18. The van der Waals surface area contributed by atoms with E-state index in [2.05, 4.69) is 26.4 Å². The summed E-state index contributed by atoms with van der Waals surface area (Å²) in [6.07, 6.45) is 9.12. The molecule has 0 aromatic carbocycles. The molecule has 0 aliphatic carbocycles. The van der Waals surface area contributed by atoms with Crippen molar-refractivity contribution >= 4 is 10.0 Å². The summed E-state index contributed by atoms with van der Waals surface area (Å²) >= 11 is 0. The molecule has 1 aliphatic rings. The van der Waals surface area contributed by atoms with Crippen LogP contribution in [0, 0.1) is 0 Å². The topological polar surface area (TPSA) is 83.9 Å². The summed E-state index contributed by atoms with van der Waals surface area (Å²) in [4.78, 5) is 10.8. The van der Waals surface area contributed by atoms with Crippen LogP contribution in [0.3, 0.4) is 0 Å². The Kier molecular flexibility index (Phi) is 3.81. The van der Waals surface area contributed by atoms with E-state index in [9.17, 15) is 8.42 Å². The smallest absolute Gasteiger partial charge is 0.260 e. The molecule has 0 amide bonds. The van der Waals surface area contributed by atoms with Gasteiger partial charge in [0.1, 0.15) is 5.82 Å². The highest BCUT2D eigenvalue weighted by Crippen LogP contribution is 2.26. The van der Waals surface area contributed by atoms with Crippen LogP contribution in [0.15, 0.2) is 29.9 Å². The Morgan fingerprint density at radius 3 is 3.05 bits per heavy atom. The quantitative estimate of drug-likeness (QED) is 0.919. The minimum atomic E-state index is -3.48. The normalized spacial score (nSPS) is 20.7. The van der Waals surface area contributed by atoms with Gasteiger partial charge >= 0.3 is 0 Å². The molecule has 3 heterocycles. The first-order valence-corrected chi connectivity index (χ1v) is 8.57. The Morgan fingerprint density at radius 1 is 1.48 bits per heavy atom. The molecule has 1 unspecified atom stereocenters. The van der Waals surface area contributed by atoms with Gasteiger partial charge in [0.2, 0.25) is 0 Å². The lowest BCUT2D eigenvalue weighted by atomic mass is 10.1. The molecule has 21 heavy (non-hydrogen) atoms. The summed E-state index contributed by atoms with van der Waals surface area (Å²) in [5.74, 6) is 1.00. The van der Waals surface area contributed by atoms with E-state index in [0.29, 0.717) is 13.1 Å². The molecule has 0 radical (unpaired) electrons. The van der Waals surface area contributed by atoms with E-state index in [1.807, 2.05) is 6.20 Å². The van der Waals surface area contributed by atoms with Gasteiger partial charge < -0.3 is 9.55 Å². The number of nitrogens with zero attached hydrogens (tertiary/aromatic N) is 4.